The minimum atomic E-state index is -5.08. The van der Waals surface area contributed by atoms with E-state index in [4.69, 9.17) is 19.4 Å². The van der Waals surface area contributed by atoms with Crippen molar-refractivity contribution < 1.29 is 37.3 Å². The Labute approximate surface area is 185 Å². The zero-order valence-electron chi connectivity index (χ0n) is 18.4. The molecule has 0 spiro atoms. The normalized spacial score (nSPS) is 23.1. The van der Waals surface area contributed by atoms with Crippen LogP contribution in [0.3, 0.4) is 0 Å². The number of carbonyl (C=O) groups is 2. The summed E-state index contributed by atoms with van der Waals surface area (Å²) < 4.78 is 42.7. The fourth-order valence-electron chi connectivity index (χ4n) is 4.02. The number of halogens is 3. The third kappa shape index (κ3) is 8.40. The lowest BCUT2D eigenvalue weighted by Gasteiger charge is -2.35. The van der Waals surface area contributed by atoms with E-state index in [1.54, 1.807) is 7.11 Å². The Morgan fingerprint density at radius 3 is 2.53 bits per heavy atom. The van der Waals surface area contributed by atoms with Gasteiger partial charge in [-0.1, -0.05) is 29.8 Å². The molecule has 3 atom stereocenters. The molecule has 2 fully saturated rings. The van der Waals surface area contributed by atoms with Crippen LogP contribution in [0.4, 0.5) is 13.2 Å². The van der Waals surface area contributed by atoms with Crippen LogP contribution >= 0.6 is 0 Å². The number of aliphatic carboxylic acids is 1. The van der Waals surface area contributed by atoms with Crippen LogP contribution in [0.2, 0.25) is 0 Å². The zero-order valence-corrected chi connectivity index (χ0v) is 18.4. The predicted molar refractivity (Wildman–Crippen MR) is 111 cm³/mol. The van der Waals surface area contributed by atoms with E-state index in [1.165, 1.54) is 11.1 Å². The van der Waals surface area contributed by atoms with E-state index in [0.29, 0.717) is 31.4 Å². The Kier molecular flexibility index (Phi) is 9.92. The number of nitrogens with zero attached hydrogens (tertiary/aromatic N) is 1. The molecule has 3 rings (SSSR count). The monoisotopic (exact) mass is 460 g/mol. The molecule has 180 valence electrons. The lowest BCUT2D eigenvalue weighted by molar-refractivity contribution is -0.192. The molecule has 0 unspecified atom stereocenters. The number of fused-ring (bicyclic) bond motifs is 1. The fraction of sp³-hybridized carbons (Fsp3) is 0.636. The van der Waals surface area contributed by atoms with Crippen LogP contribution in [0.25, 0.3) is 0 Å². The van der Waals surface area contributed by atoms with Gasteiger partial charge in [-0.15, -0.1) is 0 Å². The number of carbonyl (C=O) groups excluding carboxylic acids is 1. The predicted octanol–water partition coefficient (Wildman–Crippen LogP) is 2.62. The van der Waals surface area contributed by atoms with E-state index >= 15 is 0 Å². The number of ether oxygens (including phenoxy) is 2. The highest BCUT2D eigenvalue weighted by molar-refractivity contribution is 5.76. The van der Waals surface area contributed by atoms with E-state index < -0.39 is 12.1 Å². The van der Waals surface area contributed by atoms with E-state index in [-0.39, 0.29) is 12.0 Å². The third-order valence-corrected chi connectivity index (χ3v) is 5.66. The smallest absolute Gasteiger partial charge is 0.475 e. The molecule has 1 aromatic carbocycles. The molecule has 2 N–H and O–H groups in total. The van der Waals surface area contributed by atoms with Crippen molar-refractivity contribution in [2.45, 2.75) is 38.6 Å². The van der Waals surface area contributed by atoms with Crippen molar-refractivity contribution >= 4 is 11.9 Å². The van der Waals surface area contributed by atoms with Gasteiger partial charge in [0.1, 0.15) is 0 Å². The quantitative estimate of drug-likeness (QED) is 0.609. The first-order valence-electron chi connectivity index (χ1n) is 10.6. The summed E-state index contributed by atoms with van der Waals surface area (Å²) >= 11 is 0. The lowest BCUT2D eigenvalue weighted by Crippen LogP contribution is -2.42. The van der Waals surface area contributed by atoms with Crippen molar-refractivity contribution in [2.24, 2.45) is 11.8 Å². The van der Waals surface area contributed by atoms with Crippen molar-refractivity contribution in [3.8, 4) is 0 Å². The first-order valence-corrected chi connectivity index (χ1v) is 10.6. The number of aryl methyl sites for hydroxylation is 1. The minimum Gasteiger partial charge on any atom is -0.475 e. The van der Waals surface area contributed by atoms with E-state index in [1.807, 2.05) is 0 Å². The van der Waals surface area contributed by atoms with Crippen LogP contribution in [0, 0.1) is 18.8 Å². The van der Waals surface area contributed by atoms with Gasteiger partial charge in [-0.2, -0.15) is 13.2 Å². The second kappa shape index (κ2) is 12.2. The number of carboxylic acids is 1. The molecule has 0 radical (unpaired) electrons. The SMILES string of the molecule is COCCNC(=O)C[C@@H]1OC[C@H]2CN(Cc3ccc(C)cc3)CC[C@H]21.O=C(O)C(F)(F)F. The van der Waals surface area contributed by atoms with Crippen LogP contribution in [0.15, 0.2) is 24.3 Å². The van der Waals surface area contributed by atoms with Gasteiger partial charge in [0.25, 0.3) is 0 Å². The second-order valence-electron chi connectivity index (χ2n) is 8.15. The molecule has 2 aliphatic heterocycles. The third-order valence-electron chi connectivity index (χ3n) is 5.66. The van der Waals surface area contributed by atoms with Crippen molar-refractivity contribution in [3.05, 3.63) is 35.4 Å². The van der Waals surface area contributed by atoms with Gasteiger partial charge in [-0.3, -0.25) is 9.69 Å². The maximum atomic E-state index is 12.0. The van der Waals surface area contributed by atoms with Gasteiger partial charge in [-0.25, -0.2) is 4.79 Å². The van der Waals surface area contributed by atoms with Gasteiger partial charge in [0.15, 0.2) is 0 Å². The lowest BCUT2D eigenvalue weighted by atomic mass is 9.83. The molecular weight excluding hydrogens is 429 g/mol. The summed E-state index contributed by atoms with van der Waals surface area (Å²) in [6.45, 7) is 7.19. The molecule has 2 saturated heterocycles. The van der Waals surface area contributed by atoms with Crippen LogP contribution in [-0.4, -0.2) is 74.1 Å². The molecule has 0 aromatic heterocycles. The number of likely N-dealkylation sites (tertiary alicyclic amines) is 1. The standard InChI is InChI=1S/C20H30N2O3.C2HF3O2/c1-15-3-5-16(6-4-15)12-22-9-7-18-17(13-22)14-25-19(18)11-20(23)21-8-10-24-2;3-2(4,5)1(6)7/h3-6,17-19H,7-14H2,1-2H3,(H,21,23);(H,6,7)/t17-,18-,19+;/m1./s1. The number of hydrogen-bond acceptors (Lipinski definition) is 5. The van der Waals surface area contributed by atoms with Gasteiger partial charge >= 0.3 is 12.1 Å². The van der Waals surface area contributed by atoms with Gasteiger partial charge in [0.2, 0.25) is 5.91 Å². The average molecular weight is 460 g/mol. The highest BCUT2D eigenvalue weighted by Gasteiger charge is 2.41. The van der Waals surface area contributed by atoms with Gasteiger partial charge in [-0.05, 0) is 31.4 Å². The van der Waals surface area contributed by atoms with Crippen LogP contribution in [-0.2, 0) is 25.6 Å². The molecule has 0 bridgehead atoms. The highest BCUT2D eigenvalue weighted by Crippen LogP contribution is 2.36. The van der Waals surface area contributed by atoms with Crippen LogP contribution in [0.1, 0.15) is 24.0 Å². The number of methoxy groups -OCH3 is 1. The van der Waals surface area contributed by atoms with E-state index in [0.717, 1.165) is 32.7 Å². The Bertz CT molecular complexity index is 742. The molecule has 1 amide bonds. The minimum absolute atomic E-state index is 0.0739. The summed E-state index contributed by atoms with van der Waals surface area (Å²) in [7, 11) is 1.64. The molecule has 7 nitrogen and oxygen atoms in total. The summed E-state index contributed by atoms with van der Waals surface area (Å²) in [4.78, 5) is 23.4. The summed E-state index contributed by atoms with van der Waals surface area (Å²) in [5.41, 5.74) is 2.68. The molecule has 10 heteroatoms. The zero-order chi connectivity index (χ0) is 23.7. The van der Waals surface area contributed by atoms with Crippen molar-refractivity contribution in [1.82, 2.24) is 10.2 Å². The molecule has 1 aromatic rings. The molecule has 0 saturated carbocycles. The van der Waals surface area contributed by atoms with E-state index in [2.05, 4.69) is 41.4 Å². The fourth-order valence-corrected chi connectivity index (χ4v) is 4.02. The first kappa shape index (κ1) is 26.1. The largest absolute Gasteiger partial charge is 0.490 e. The maximum absolute atomic E-state index is 12.0. The van der Waals surface area contributed by atoms with Gasteiger partial charge in [0, 0.05) is 32.7 Å². The Morgan fingerprint density at radius 2 is 1.94 bits per heavy atom. The van der Waals surface area contributed by atoms with Crippen molar-refractivity contribution in [2.75, 3.05) is 40.0 Å². The number of alkyl halides is 3. The van der Waals surface area contributed by atoms with Gasteiger partial charge in [0.05, 0.1) is 25.7 Å². The number of benzene rings is 1. The number of carboxylic acid groups (broad SMARTS) is 1. The molecular formula is C22H31F3N2O5. The Balaban J connectivity index is 0.000000451. The number of nitrogens with one attached hydrogen (secondary N) is 1. The van der Waals surface area contributed by atoms with Crippen molar-refractivity contribution in [3.63, 3.8) is 0 Å². The molecule has 0 aliphatic carbocycles. The maximum Gasteiger partial charge on any atom is 0.490 e. The molecule has 2 heterocycles. The van der Waals surface area contributed by atoms with Gasteiger partial charge < -0.3 is 19.9 Å². The second-order valence-corrected chi connectivity index (χ2v) is 8.15. The number of rotatable bonds is 7. The summed E-state index contributed by atoms with van der Waals surface area (Å²) in [5, 5.41) is 10.0. The summed E-state index contributed by atoms with van der Waals surface area (Å²) in [6.07, 6.45) is -3.41. The van der Waals surface area contributed by atoms with Crippen molar-refractivity contribution in [1.29, 1.82) is 0 Å². The molecule has 2 aliphatic rings. The average Bonchev–Trinajstić information content (AvgIpc) is 3.11. The summed E-state index contributed by atoms with van der Waals surface area (Å²) in [6, 6.07) is 8.80. The van der Waals surface area contributed by atoms with Crippen LogP contribution in [0.5, 0.6) is 0 Å². The highest BCUT2D eigenvalue weighted by atomic mass is 19.4. The number of amides is 1. The Hall–Kier alpha value is -2.17. The summed E-state index contributed by atoms with van der Waals surface area (Å²) in [5.74, 6) is -1.62. The molecule has 32 heavy (non-hydrogen) atoms. The number of hydrogen-bond donors (Lipinski definition) is 2. The van der Waals surface area contributed by atoms with Crippen LogP contribution < -0.4 is 5.32 Å². The topological polar surface area (TPSA) is 88.1 Å². The Morgan fingerprint density at radius 1 is 1.28 bits per heavy atom. The first-order chi connectivity index (χ1) is 15.1. The van der Waals surface area contributed by atoms with E-state index in [9.17, 15) is 18.0 Å². The number of piperidine rings is 1.